The van der Waals surface area contributed by atoms with Crippen molar-refractivity contribution in [3.05, 3.63) is 35.4 Å². The van der Waals surface area contributed by atoms with Crippen LogP contribution in [0.3, 0.4) is 0 Å². The molecule has 2 aliphatic rings. The SMILES string of the molecule is Cc1ccccc1C1CC1(N)C1CCOCC1. The van der Waals surface area contributed by atoms with Gasteiger partial charge >= 0.3 is 0 Å². The zero-order valence-corrected chi connectivity index (χ0v) is 10.5. The molecule has 2 unspecified atom stereocenters. The minimum Gasteiger partial charge on any atom is -0.381 e. The van der Waals surface area contributed by atoms with Gasteiger partial charge in [-0.15, -0.1) is 0 Å². The lowest BCUT2D eigenvalue weighted by atomic mass is 9.86. The summed E-state index contributed by atoms with van der Waals surface area (Å²) < 4.78 is 5.43. The normalized spacial score (nSPS) is 33.6. The standard InChI is InChI=1S/C15H21NO/c1-11-4-2-3-5-13(11)14-10-15(14,16)12-6-8-17-9-7-12/h2-5,12,14H,6-10,16H2,1H3. The summed E-state index contributed by atoms with van der Waals surface area (Å²) >= 11 is 0. The second-order valence-electron chi connectivity index (χ2n) is 5.61. The first-order valence-electron chi connectivity index (χ1n) is 6.64. The summed E-state index contributed by atoms with van der Waals surface area (Å²) in [5, 5.41) is 0. The third-order valence-corrected chi connectivity index (χ3v) is 4.59. The Kier molecular flexibility index (Phi) is 2.72. The molecule has 1 saturated carbocycles. The van der Waals surface area contributed by atoms with Crippen LogP contribution in [0.2, 0.25) is 0 Å². The predicted octanol–water partition coefficient (Wildman–Crippen LogP) is 2.61. The Morgan fingerprint density at radius 1 is 1.24 bits per heavy atom. The molecule has 2 fully saturated rings. The summed E-state index contributed by atoms with van der Waals surface area (Å²) in [4.78, 5) is 0. The van der Waals surface area contributed by atoms with E-state index in [0.717, 1.165) is 32.5 Å². The maximum atomic E-state index is 6.61. The van der Waals surface area contributed by atoms with Gasteiger partial charge in [0.2, 0.25) is 0 Å². The van der Waals surface area contributed by atoms with Crippen molar-refractivity contribution >= 4 is 0 Å². The Bertz CT molecular complexity index is 411. The molecule has 2 N–H and O–H groups in total. The highest BCUT2D eigenvalue weighted by molar-refractivity contribution is 5.39. The van der Waals surface area contributed by atoms with E-state index in [1.165, 1.54) is 11.1 Å². The molecule has 3 rings (SSSR count). The van der Waals surface area contributed by atoms with Gasteiger partial charge in [-0.3, -0.25) is 0 Å². The lowest BCUT2D eigenvalue weighted by Gasteiger charge is -2.29. The van der Waals surface area contributed by atoms with E-state index in [-0.39, 0.29) is 5.54 Å². The molecule has 0 radical (unpaired) electrons. The van der Waals surface area contributed by atoms with Gasteiger partial charge in [0.15, 0.2) is 0 Å². The first-order chi connectivity index (χ1) is 8.22. The molecule has 17 heavy (non-hydrogen) atoms. The van der Waals surface area contributed by atoms with E-state index in [9.17, 15) is 0 Å². The molecule has 0 aromatic heterocycles. The Hall–Kier alpha value is -0.860. The fourth-order valence-electron chi connectivity index (χ4n) is 3.36. The highest BCUT2D eigenvalue weighted by Crippen LogP contribution is 2.56. The zero-order chi connectivity index (χ0) is 11.9. The van der Waals surface area contributed by atoms with Crippen LogP contribution in [0.4, 0.5) is 0 Å². The average molecular weight is 231 g/mol. The van der Waals surface area contributed by atoms with Crippen molar-refractivity contribution < 1.29 is 4.74 Å². The summed E-state index contributed by atoms with van der Waals surface area (Å²) in [6.07, 6.45) is 3.43. The Balaban J connectivity index is 1.78. The van der Waals surface area contributed by atoms with E-state index in [1.807, 2.05) is 0 Å². The Labute approximate surface area is 103 Å². The average Bonchev–Trinajstić information content (AvgIpc) is 3.05. The summed E-state index contributed by atoms with van der Waals surface area (Å²) in [6, 6.07) is 8.67. The van der Waals surface area contributed by atoms with Crippen LogP contribution in [-0.2, 0) is 4.74 Å². The second-order valence-corrected chi connectivity index (χ2v) is 5.61. The molecule has 92 valence electrons. The highest BCUT2D eigenvalue weighted by atomic mass is 16.5. The maximum Gasteiger partial charge on any atom is 0.0469 e. The van der Waals surface area contributed by atoms with Crippen molar-refractivity contribution in [1.82, 2.24) is 0 Å². The number of hydrogen-bond acceptors (Lipinski definition) is 2. The number of hydrogen-bond donors (Lipinski definition) is 1. The highest BCUT2D eigenvalue weighted by Gasteiger charge is 2.56. The van der Waals surface area contributed by atoms with Gasteiger partial charge in [0, 0.05) is 24.7 Å². The number of rotatable bonds is 2. The fourth-order valence-corrected chi connectivity index (χ4v) is 3.36. The van der Waals surface area contributed by atoms with Crippen LogP contribution < -0.4 is 5.73 Å². The van der Waals surface area contributed by atoms with E-state index < -0.39 is 0 Å². The van der Waals surface area contributed by atoms with Gasteiger partial charge in [0.1, 0.15) is 0 Å². The van der Waals surface area contributed by atoms with Crippen LogP contribution in [0.25, 0.3) is 0 Å². The summed E-state index contributed by atoms with van der Waals surface area (Å²) in [6.45, 7) is 3.98. The number of nitrogens with two attached hydrogens (primary N) is 1. The van der Waals surface area contributed by atoms with E-state index in [4.69, 9.17) is 10.5 Å². The first kappa shape index (κ1) is 11.2. The molecule has 1 aliphatic carbocycles. The minimum atomic E-state index is 0.0515. The van der Waals surface area contributed by atoms with Crippen molar-refractivity contribution in [2.75, 3.05) is 13.2 Å². The Morgan fingerprint density at radius 2 is 1.94 bits per heavy atom. The lowest BCUT2D eigenvalue weighted by molar-refractivity contribution is 0.0544. The number of aryl methyl sites for hydroxylation is 1. The van der Waals surface area contributed by atoms with E-state index in [1.54, 1.807) is 0 Å². The molecule has 1 aliphatic heterocycles. The van der Waals surface area contributed by atoms with Crippen LogP contribution in [0.5, 0.6) is 0 Å². The molecule has 1 aromatic rings. The molecule has 0 bridgehead atoms. The van der Waals surface area contributed by atoms with Crippen molar-refractivity contribution in [1.29, 1.82) is 0 Å². The molecule has 0 amide bonds. The van der Waals surface area contributed by atoms with Gasteiger partial charge in [0.25, 0.3) is 0 Å². The van der Waals surface area contributed by atoms with E-state index in [0.29, 0.717) is 11.8 Å². The molecule has 1 saturated heterocycles. The molecular weight excluding hydrogens is 210 g/mol. The monoisotopic (exact) mass is 231 g/mol. The molecule has 1 aromatic carbocycles. The van der Waals surface area contributed by atoms with Gasteiger partial charge in [-0.25, -0.2) is 0 Å². The molecule has 0 spiro atoms. The van der Waals surface area contributed by atoms with Crippen molar-refractivity contribution in [3.63, 3.8) is 0 Å². The van der Waals surface area contributed by atoms with Crippen LogP contribution in [0.15, 0.2) is 24.3 Å². The third-order valence-electron chi connectivity index (χ3n) is 4.59. The van der Waals surface area contributed by atoms with Gasteiger partial charge < -0.3 is 10.5 Å². The van der Waals surface area contributed by atoms with Crippen LogP contribution in [0, 0.1) is 12.8 Å². The molecule has 2 heteroatoms. The van der Waals surface area contributed by atoms with Crippen LogP contribution >= 0.6 is 0 Å². The summed E-state index contributed by atoms with van der Waals surface area (Å²) in [5.74, 6) is 1.23. The summed E-state index contributed by atoms with van der Waals surface area (Å²) in [5.41, 5.74) is 9.51. The minimum absolute atomic E-state index is 0.0515. The van der Waals surface area contributed by atoms with Crippen molar-refractivity contribution in [3.8, 4) is 0 Å². The molecule has 2 nitrogen and oxygen atoms in total. The topological polar surface area (TPSA) is 35.2 Å². The largest absolute Gasteiger partial charge is 0.381 e. The maximum absolute atomic E-state index is 6.61. The first-order valence-corrected chi connectivity index (χ1v) is 6.64. The third kappa shape index (κ3) is 1.90. The van der Waals surface area contributed by atoms with E-state index >= 15 is 0 Å². The number of benzene rings is 1. The van der Waals surface area contributed by atoms with Gasteiger partial charge in [-0.1, -0.05) is 24.3 Å². The quantitative estimate of drug-likeness (QED) is 0.849. The van der Waals surface area contributed by atoms with Crippen molar-refractivity contribution in [2.24, 2.45) is 11.7 Å². The second kappa shape index (κ2) is 4.11. The van der Waals surface area contributed by atoms with Crippen molar-refractivity contribution in [2.45, 2.75) is 37.6 Å². The van der Waals surface area contributed by atoms with Crippen LogP contribution in [-0.4, -0.2) is 18.8 Å². The summed E-state index contributed by atoms with van der Waals surface area (Å²) in [7, 11) is 0. The van der Waals surface area contributed by atoms with Gasteiger partial charge in [-0.2, -0.15) is 0 Å². The zero-order valence-electron chi connectivity index (χ0n) is 10.5. The number of ether oxygens (including phenoxy) is 1. The smallest absolute Gasteiger partial charge is 0.0469 e. The van der Waals surface area contributed by atoms with Crippen LogP contribution in [0.1, 0.15) is 36.3 Å². The fraction of sp³-hybridized carbons (Fsp3) is 0.600. The Morgan fingerprint density at radius 3 is 2.65 bits per heavy atom. The van der Waals surface area contributed by atoms with E-state index in [2.05, 4.69) is 31.2 Å². The molecular formula is C15H21NO. The molecule has 1 heterocycles. The molecule has 2 atom stereocenters. The van der Waals surface area contributed by atoms with Gasteiger partial charge in [-0.05, 0) is 43.2 Å². The van der Waals surface area contributed by atoms with Gasteiger partial charge in [0.05, 0.1) is 0 Å². The predicted molar refractivity (Wildman–Crippen MR) is 69.0 cm³/mol. The lowest BCUT2D eigenvalue weighted by Crippen LogP contribution is -2.38.